The van der Waals surface area contributed by atoms with Crippen molar-refractivity contribution in [3.05, 3.63) is 10.1 Å². The van der Waals surface area contributed by atoms with E-state index in [1.165, 1.54) is 7.05 Å². The third-order valence-corrected chi connectivity index (χ3v) is 0.689. The van der Waals surface area contributed by atoms with Crippen LogP contribution >= 0.6 is 0 Å². The summed E-state index contributed by atoms with van der Waals surface area (Å²) in [6, 6.07) is -0.684. The molecule has 0 aromatic rings. The number of nitrogens with one attached hydrogen (secondary N) is 1. The van der Waals surface area contributed by atoms with Crippen LogP contribution in [0.4, 0.5) is 4.79 Å². The van der Waals surface area contributed by atoms with Crippen LogP contribution in [0.3, 0.4) is 0 Å². The first kappa shape index (κ1) is 8.47. The molecule has 0 heterocycles. The number of nitrogens with zero attached hydrogens (tertiary/aromatic N) is 2. The molecule has 0 aliphatic rings. The minimum absolute atomic E-state index is 0.472. The van der Waals surface area contributed by atoms with Crippen molar-refractivity contribution in [2.45, 2.75) is 0 Å². The molecule has 0 saturated carbocycles. The first-order chi connectivity index (χ1) is 4.57. The Hall–Kier alpha value is -1.53. The maximum Gasteiger partial charge on any atom is 0.340 e. The fourth-order valence-corrected chi connectivity index (χ4v) is 0.295. The topological polar surface area (TPSA) is 84.7 Å². The molecule has 2 amide bonds. The van der Waals surface area contributed by atoms with Gasteiger partial charge in [-0.25, -0.2) is 4.79 Å². The molecule has 0 aliphatic heterocycles. The highest BCUT2D eigenvalue weighted by Gasteiger charge is 2.08. The molecule has 0 fully saturated rings. The Morgan fingerprint density at radius 3 is 2.60 bits per heavy atom. The smallest absolute Gasteiger partial charge is 0.340 e. The lowest BCUT2D eigenvalue weighted by atomic mass is 10.9. The van der Waals surface area contributed by atoms with Gasteiger partial charge in [0.2, 0.25) is 0 Å². The van der Waals surface area contributed by atoms with Gasteiger partial charge in [0.1, 0.15) is 0 Å². The summed E-state index contributed by atoms with van der Waals surface area (Å²) in [6.45, 7) is 0. The number of hydroxylamine groups is 2. The second kappa shape index (κ2) is 3.49. The third kappa shape index (κ3) is 2.70. The first-order valence-electron chi connectivity index (χ1n) is 2.36. The van der Waals surface area contributed by atoms with Crippen molar-refractivity contribution >= 4 is 6.03 Å². The van der Waals surface area contributed by atoms with Crippen LogP contribution in [0.5, 0.6) is 0 Å². The Morgan fingerprint density at radius 1 is 1.80 bits per heavy atom. The summed E-state index contributed by atoms with van der Waals surface area (Å²) >= 11 is 0. The predicted octanol–water partition coefficient (Wildman–Crippen LogP) is -0.619. The standard InChI is InChI=1S/C3H7N3O4/c1-4-3(7)5(2)10-6(8)9/h1-2H3,(H,4,7). The van der Waals surface area contributed by atoms with E-state index in [1.807, 2.05) is 0 Å². The van der Waals surface area contributed by atoms with Gasteiger partial charge in [-0.2, -0.15) is 10.0 Å². The number of rotatable bonds is 2. The van der Waals surface area contributed by atoms with E-state index in [9.17, 15) is 14.9 Å². The van der Waals surface area contributed by atoms with Gasteiger partial charge in [0.15, 0.2) is 0 Å². The van der Waals surface area contributed by atoms with Gasteiger partial charge in [0.05, 0.1) is 0 Å². The predicted molar refractivity (Wildman–Crippen MR) is 30.3 cm³/mol. The molecule has 0 aliphatic carbocycles. The lowest BCUT2D eigenvalue weighted by Crippen LogP contribution is -2.36. The summed E-state index contributed by atoms with van der Waals surface area (Å²) in [5.41, 5.74) is 0. The van der Waals surface area contributed by atoms with Gasteiger partial charge in [-0.05, 0) is 0 Å². The zero-order valence-electron chi connectivity index (χ0n) is 5.53. The average molecular weight is 149 g/mol. The molecule has 0 spiro atoms. The van der Waals surface area contributed by atoms with Gasteiger partial charge in [-0.3, -0.25) is 0 Å². The van der Waals surface area contributed by atoms with Crippen molar-refractivity contribution in [3.8, 4) is 0 Å². The van der Waals surface area contributed by atoms with Crippen molar-refractivity contribution < 1.29 is 14.8 Å². The highest BCUT2D eigenvalue weighted by molar-refractivity contribution is 5.72. The van der Waals surface area contributed by atoms with Gasteiger partial charge < -0.3 is 5.32 Å². The summed E-state index contributed by atoms with van der Waals surface area (Å²) in [5.74, 6) is 0. The van der Waals surface area contributed by atoms with Gasteiger partial charge in [-0.15, -0.1) is 10.1 Å². The summed E-state index contributed by atoms with van der Waals surface area (Å²) in [7, 11) is 2.46. The van der Waals surface area contributed by atoms with E-state index in [1.54, 1.807) is 0 Å². The van der Waals surface area contributed by atoms with Crippen molar-refractivity contribution in [1.29, 1.82) is 0 Å². The van der Waals surface area contributed by atoms with Crippen LogP contribution in [0.25, 0.3) is 0 Å². The third-order valence-electron chi connectivity index (χ3n) is 0.689. The zero-order valence-corrected chi connectivity index (χ0v) is 5.53. The molecule has 0 bridgehead atoms. The van der Waals surface area contributed by atoms with Crippen LogP contribution in [0, 0.1) is 10.1 Å². The van der Waals surface area contributed by atoms with Crippen LogP contribution in [0.2, 0.25) is 0 Å². The summed E-state index contributed by atoms with van der Waals surface area (Å²) in [4.78, 5) is 23.8. The van der Waals surface area contributed by atoms with Crippen molar-refractivity contribution in [2.75, 3.05) is 14.1 Å². The van der Waals surface area contributed by atoms with Crippen LogP contribution in [-0.2, 0) is 4.94 Å². The molecule has 0 aromatic carbocycles. The highest BCUT2D eigenvalue weighted by Crippen LogP contribution is 1.84. The van der Waals surface area contributed by atoms with Gasteiger partial charge in [-0.1, -0.05) is 0 Å². The summed E-state index contributed by atoms with van der Waals surface area (Å²) < 4.78 is 0. The Balaban J connectivity index is 3.72. The molecule has 0 saturated heterocycles. The quantitative estimate of drug-likeness (QED) is 0.419. The van der Waals surface area contributed by atoms with E-state index < -0.39 is 11.1 Å². The number of carbonyl (C=O) groups excluding carboxylic acids is 1. The zero-order chi connectivity index (χ0) is 8.15. The fraction of sp³-hybridized carbons (Fsp3) is 0.667. The second-order valence-corrected chi connectivity index (χ2v) is 1.36. The maximum atomic E-state index is 10.4. The molecule has 10 heavy (non-hydrogen) atoms. The number of hydrogen-bond acceptors (Lipinski definition) is 4. The van der Waals surface area contributed by atoms with Gasteiger partial charge >= 0.3 is 11.1 Å². The lowest BCUT2D eigenvalue weighted by Gasteiger charge is -2.10. The lowest BCUT2D eigenvalue weighted by molar-refractivity contribution is -0.801. The van der Waals surface area contributed by atoms with Crippen molar-refractivity contribution in [1.82, 2.24) is 10.4 Å². The van der Waals surface area contributed by atoms with E-state index in [-0.39, 0.29) is 0 Å². The van der Waals surface area contributed by atoms with Crippen molar-refractivity contribution in [3.63, 3.8) is 0 Å². The van der Waals surface area contributed by atoms with E-state index in [4.69, 9.17) is 0 Å². The minimum Gasteiger partial charge on any atom is -0.340 e. The Labute approximate surface area is 56.6 Å². The van der Waals surface area contributed by atoms with Gasteiger partial charge in [0, 0.05) is 14.1 Å². The first-order valence-corrected chi connectivity index (χ1v) is 2.36. The van der Waals surface area contributed by atoms with Crippen molar-refractivity contribution in [2.24, 2.45) is 0 Å². The Kier molecular flexibility index (Phi) is 2.95. The van der Waals surface area contributed by atoms with Crippen LogP contribution in [0.15, 0.2) is 0 Å². The fourth-order valence-electron chi connectivity index (χ4n) is 0.295. The molecule has 7 nitrogen and oxygen atoms in total. The minimum atomic E-state index is -1.07. The molecule has 0 atom stereocenters. The molecular formula is C3H7N3O4. The maximum absolute atomic E-state index is 10.4. The largest absolute Gasteiger partial charge is 0.340 e. The van der Waals surface area contributed by atoms with Gasteiger partial charge in [0.25, 0.3) is 0 Å². The molecule has 0 rings (SSSR count). The Bertz CT molecular complexity index is 147. The number of urea groups is 1. The van der Waals surface area contributed by atoms with Crippen LogP contribution < -0.4 is 5.32 Å². The molecular weight excluding hydrogens is 142 g/mol. The normalized spacial score (nSPS) is 8.20. The molecule has 0 unspecified atom stereocenters. The van der Waals surface area contributed by atoms with Crippen LogP contribution in [-0.4, -0.2) is 30.3 Å². The molecule has 1 N–H and O–H groups in total. The summed E-state index contributed by atoms with van der Waals surface area (Å²) in [6.07, 6.45) is 0. The van der Waals surface area contributed by atoms with E-state index in [0.717, 1.165) is 7.05 Å². The molecule has 0 aromatic heterocycles. The summed E-state index contributed by atoms with van der Waals surface area (Å²) in [5, 5.41) is 11.1. The Morgan fingerprint density at radius 2 is 2.30 bits per heavy atom. The molecule has 0 radical (unpaired) electrons. The number of hydrogen-bond donors (Lipinski definition) is 1. The monoisotopic (exact) mass is 149 g/mol. The highest BCUT2D eigenvalue weighted by atomic mass is 17.0. The van der Waals surface area contributed by atoms with E-state index in [0.29, 0.717) is 5.06 Å². The number of carbonyl (C=O) groups is 1. The average Bonchev–Trinajstić information content (AvgIpc) is 1.85. The number of amides is 2. The molecule has 7 heteroatoms. The second-order valence-electron chi connectivity index (χ2n) is 1.36. The molecule has 58 valence electrons. The SMILES string of the molecule is CNC(=O)N(C)O[N+](=O)[O-]. The van der Waals surface area contributed by atoms with Crippen LogP contribution in [0.1, 0.15) is 0 Å². The van der Waals surface area contributed by atoms with E-state index in [2.05, 4.69) is 10.3 Å². The van der Waals surface area contributed by atoms with E-state index >= 15 is 0 Å².